The van der Waals surface area contributed by atoms with E-state index in [0.29, 0.717) is 12.6 Å². The molecule has 1 aliphatic heterocycles. The predicted octanol–water partition coefficient (Wildman–Crippen LogP) is 1.00. The molecule has 7 heteroatoms. The first-order valence-corrected chi connectivity index (χ1v) is 8.74. The highest BCUT2D eigenvalue weighted by molar-refractivity contribution is 5.79. The van der Waals surface area contributed by atoms with E-state index < -0.39 is 0 Å². The monoisotopic (exact) mass is 351 g/mol. The molecular weight excluding hydrogens is 321 g/mol. The summed E-state index contributed by atoms with van der Waals surface area (Å²) in [5, 5.41) is 6.60. The Morgan fingerprint density at radius 1 is 1.32 bits per heavy atom. The van der Waals surface area contributed by atoms with E-state index in [-0.39, 0.29) is 17.7 Å². The normalized spacial score (nSPS) is 21.0. The number of para-hydroxylation sites is 1. The van der Waals surface area contributed by atoms with Crippen molar-refractivity contribution in [1.29, 1.82) is 0 Å². The van der Waals surface area contributed by atoms with Crippen molar-refractivity contribution >= 4 is 5.96 Å². The second-order valence-electron chi connectivity index (χ2n) is 6.59. The fourth-order valence-corrected chi connectivity index (χ4v) is 2.80. The number of halogens is 1. The molecule has 0 bridgehead atoms. The van der Waals surface area contributed by atoms with E-state index in [9.17, 15) is 4.39 Å². The van der Waals surface area contributed by atoms with Crippen LogP contribution in [0.15, 0.2) is 29.3 Å². The lowest BCUT2D eigenvalue weighted by molar-refractivity contribution is 0.116. The van der Waals surface area contributed by atoms with Gasteiger partial charge in [-0.3, -0.25) is 9.89 Å². The maximum absolute atomic E-state index is 13.6. The van der Waals surface area contributed by atoms with E-state index in [1.54, 1.807) is 25.2 Å². The lowest BCUT2D eigenvalue weighted by atomic mass is 10.2. The van der Waals surface area contributed by atoms with Gasteiger partial charge in [0.15, 0.2) is 17.5 Å². The fourth-order valence-electron chi connectivity index (χ4n) is 2.80. The average Bonchev–Trinajstić information content (AvgIpc) is 2.60. The molecule has 1 aromatic rings. The van der Waals surface area contributed by atoms with Crippen molar-refractivity contribution in [1.82, 2.24) is 20.4 Å². The van der Waals surface area contributed by atoms with Crippen molar-refractivity contribution in [2.75, 3.05) is 53.9 Å². The maximum atomic E-state index is 13.6. The van der Waals surface area contributed by atoms with Gasteiger partial charge in [0.1, 0.15) is 6.10 Å². The Labute approximate surface area is 150 Å². The minimum absolute atomic E-state index is 0.182. The highest BCUT2D eigenvalue weighted by atomic mass is 19.1. The first-order valence-electron chi connectivity index (χ1n) is 8.74. The number of ether oxygens (including phenoxy) is 1. The molecule has 1 fully saturated rings. The van der Waals surface area contributed by atoms with Crippen molar-refractivity contribution in [3.8, 4) is 5.75 Å². The topological polar surface area (TPSA) is 52.1 Å². The molecule has 0 amide bonds. The first kappa shape index (κ1) is 19.5. The van der Waals surface area contributed by atoms with E-state index in [1.807, 2.05) is 6.92 Å². The van der Waals surface area contributed by atoms with Crippen LogP contribution in [0.3, 0.4) is 0 Å². The van der Waals surface area contributed by atoms with Gasteiger partial charge in [0.05, 0.1) is 6.54 Å². The Kier molecular flexibility index (Phi) is 7.46. The van der Waals surface area contributed by atoms with E-state index in [1.165, 1.54) is 6.07 Å². The number of guanidine groups is 1. The van der Waals surface area contributed by atoms with Crippen LogP contribution in [0.2, 0.25) is 0 Å². The molecule has 2 atom stereocenters. The van der Waals surface area contributed by atoms with Crippen molar-refractivity contribution in [2.24, 2.45) is 4.99 Å². The molecule has 6 nitrogen and oxygen atoms in total. The van der Waals surface area contributed by atoms with Crippen LogP contribution in [0.25, 0.3) is 0 Å². The van der Waals surface area contributed by atoms with Crippen LogP contribution in [0, 0.1) is 5.82 Å². The van der Waals surface area contributed by atoms with Gasteiger partial charge in [0, 0.05) is 39.3 Å². The lowest BCUT2D eigenvalue weighted by Crippen LogP contribution is -2.55. The molecule has 0 aromatic heterocycles. The Morgan fingerprint density at radius 2 is 2.08 bits per heavy atom. The van der Waals surface area contributed by atoms with Gasteiger partial charge in [-0.05, 0) is 33.2 Å². The van der Waals surface area contributed by atoms with Crippen LogP contribution < -0.4 is 15.4 Å². The SMILES string of the molecule is CN=C(NCC(C)Oc1ccccc1F)NCC1CN(C)CCN1C. The summed E-state index contributed by atoms with van der Waals surface area (Å²) in [5.74, 6) is 0.651. The summed E-state index contributed by atoms with van der Waals surface area (Å²) in [6.45, 7) is 6.47. The van der Waals surface area contributed by atoms with Crippen molar-refractivity contribution in [3.05, 3.63) is 30.1 Å². The van der Waals surface area contributed by atoms with Crippen LogP contribution in [-0.4, -0.2) is 81.8 Å². The van der Waals surface area contributed by atoms with E-state index in [2.05, 4.69) is 39.5 Å². The number of likely N-dealkylation sites (N-methyl/N-ethyl adjacent to an activating group) is 2. The van der Waals surface area contributed by atoms with E-state index in [4.69, 9.17) is 4.74 Å². The molecule has 0 aliphatic carbocycles. The summed E-state index contributed by atoms with van der Waals surface area (Å²) in [6, 6.07) is 6.89. The van der Waals surface area contributed by atoms with Gasteiger partial charge in [-0.15, -0.1) is 0 Å². The zero-order valence-electron chi connectivity index (χ0n) is 15.6. The molecule has 25 heavy (non-hydrogen) atoms. The molecule has 1 saturated heterocycles. The maximum Gasteiger partial charge on any atom is 0.191 e. The van der Waals surface area contributed by atoms with Crippen molar-refractivity contribution in [2.45, 2.75) is 19.1 Å². The van der Waals surface area contributed by atoms with Crippen LogP contribution in [0.5, 0.6) is 5.75 Å². The molecule has 1 aliphatic rings. The highest BCUT2D eigenvalue weighted by Gasteiger charge is 2.22. The second kappa shape index (κ2) is 9.58. The quantitative estimate of drug-likeness (QED) is 0.592. The molecule has 1 heterocycles. The molecule has 2 rings (SSSR count). The molecule has 140 valence electrons. The van der Waals surface area contributed by atoms with E-state index >= 15 is 0 Å². The number of piperazine rings is 1. The Hall–Kier alpha value is -1.86. The third kappa shape index (κ3) is 6.17. The highest BCUT2D eigenvalue weighted by Crippen LogP contribution is 2.16. The summed E-state index contributed by atoms with van der Waals surface area (Å²) >= 11 is 0. The minimum Gasteiger partial charge on any atom is -0.486 e. The summed E-state index contributed by atoms with van der Waals surface area (Å²) in [4.78, 5) is 8.95. The summed E-state index contributed by atoms with van der Waals surface area (Å²) < 4.78 is 19.3. The minimum atomic E-state index is -0.346. The molecule has 0 radical (unpaired) electrons. The number of benzene rings is 1. The molecular formula is C18H30FN5O. The summed E-state index contributed by atoms with van der Waals surface area (Å²) in [5.41, 5.74) is 0. The fraction of sp³-hybridized carbons (Fsp3) is 0.611. The van der Waals surface area contributed by atoms with Crippen LogP contribution >= 0.6 is 0 Å². The van der Waals surface area contributed by atoms with Gasteiger partial charge < -0.3 is 20.3 Å². The van der Waals surface area contributed by atoms with Gasteiger partial charge in [0.2, 0.25) is 0 Å². The molecule has 0 saturated carbocycles. The Bertz CT molecular complexity index is 568. The number of hydrogen-bond acceptors (Lipinski definition) is 4. The summed E-state index contributed by atoms with van der Waals surface area (Å²) in [7, 11) is 6.04. The Morgan fingerprint density at radius 3 is 2.80 bits per heavy atom. The second-order valence-corrected chi connectivity index (χ2v) is 6.59. The van der Waals surface area contributed by atoms with Gasteiger partial charge in [-0.2, -0.15) is 0 Å². The van der Waals surface area contributed by atoms with E-state index in [0.717, 1.165) is 32.1 Å². The Balaban J connectivity index is 1.75. The molecule has 1 aromatic carbocycles. The number of rotatable bonds is 6. The number of nitrogens with zero attached hydrogens (tertiary/aromatic N) is 3. The van der Waals surface area contributed by atoms with Gasteiger partial charge in [-0.1, -0.05) is 12.1 Å². The van der Waals surface area contributed by atoms with Gasteiger partial charge >= 0.3 is 0 Å². The average molecular weight is 351 g/mol. The standard InChI is InChI=1S/C18H30FN5O/c1-14(25-17-8-6-5-7-16(17)19)11-21-18(20-2)22-12-15-13-23(3)9-10-24(15)4/h5-8,14-15H,9-13H2,1-4H3,(H2,20,21,22). The smallest absolute Gasteiger partial charge is 0.191 e. The van der Waals surface area contributed by atoms with Gasteiger partial charge in [0.25, 0.3) is 0 Å². The lowest BCUT2D eigenvalue weighted by Gasteiger charge is -2.38. The number of aliphatic imine (C=N–C) groups is 1. The molecule has 0 spiro atoms. The van der Waals surface area contributed by atoms with Crippen LogP contribution in [-0.2, 0) is 0 Å². The largest absolute Gasteiger partial charge is 0.486 e. The zero-order valence-corrected chi connectivity index (χ0v) is 15.6. The molecule has 2 unspecified atom stereocenters. The van der Waals surface area contributed by atoms with Crippen molar-refractivity contribution < 1.29 is 9.13 Å². The summed E-state index contributed by atoms with van der Waals surface area (Å²) in [6.07, 6.45) is -0.182. The van der Waals surface area contributed by atoms with Gasteiger partial charge in [-0.25, -0.2) is 4.39 Å². The predicted molar refractivity (Wildman–Crippen MR) is 99.8 cm³/mol. The number of nitrogens with one attached hydrogen (secondary N) is 2. The third-order valence-electron chi connectivity index (χ3n) is 4.43. The number of hydrogen-bond donors (Lipinski definition) is 2. The van der Waals surface area contributed by atoms with Crippen molar-refractivity contribution in [3.63, 3.8) is 0 Å². The first-order chi connectivity index (χ1) is 12.0. The van der Waals surface area contributed by atoms with Crippen LogP contribution in [0.4, 0.5) is 4.39 Å². The molecule has 2 N–H and O–H groups in total. The van der Waals surface area contributed by atoms with Crippen LogP contribution in [0.1, 0.15) is 6.92 Å². The zero-order chi connectivity index (χ0) is 18.2. The third-order valence-corrected chi connectivity index (χ3v) is 4.43.